The number of ether oxygens (including phenoxy) is 2. The molecular formula is C26H27N5O5. The van der Waals surface area contributed by atoms with Crippen LogP contribution < -0.4 is 26.0 Å². The molecule has 1 aliphatic rings. The lowest BCUT2D eigenvalue weighted by Gasteiger charge is -2.14. The average Bonchev–Trinajstić information content (AvgIpc) is 3.50. The number of amides is 1. The van der Waals surface area contributed by atoms with Crippen LogP contribution in [0.5, 0.6) is 11.5 Å². The fraction of sp³-hybridized carbons (Fsp3) is 0.308. The second-order valence-electron chi connectivity index (χ2n) is 9.17. The van der Waals surface area contributed by atoms with Crippen molar-refractivity contribution in [2.24, 2.45) is 5.92 Å². The number of rotatable bonds is 8. The van der Waals surface area contributed by atoms with Crippen LogP contribution >= 0.6 is 0 Å². The van der Waals surface area contributed by atoms with Crippen molar-refractivity contribution in [1.82, 2.24) is 24.0 Å². The zero-order chi connectivity index (χ0) is 25.2. The predicted molar refractivity (Wildman–Crippen MR) is 133 cm³/mol. The first-order chi connectivity index (χ1) is 17.4. The minimum Gasteiger partial charge on any atom is -0.454 e. The number of hydrogen-bond acceptors (Lipinski definition) is 6. The Kier molecular flexibility index (Phi) is 6.32. The third kappa shape index (κ3) is 4.61. The minimum atomic E-state index is -0.579. The van der Waals surface area contributed by atoms with Crippen molar-refractivity contribution < 1.29 is 14.3 Å². The number of fused-ring (bicyclic) bond motifs is 2. The number of nitrogens with zero attached hydrogens (tertiary/aromatic N) is 4. The van der Waals surface area contributed by atoms with Crippen molar-refractivity contribution in [3.63, 3.8) is 0 Å². The molecule has 1 aliphatic heterocycles. The van der Waals surface area contributed by atoms with Crippen molar-refractivity contribution >= 4 is 17.1 Å². The summed E-state index contributed by atoms with van der Waals surface area (Å²) >= 11 is 0. The number of carbonyl (C=O) groups is 1. The van der Waals surface area contributed by atoms with E-state index in [4.69, 9.17) is 9.47 Å². The number of nitrogens with one attached hydrogen (secondary N) is 1. The van der Waals surface area contributed by atoms with E-state index in [1.54, 1.807) is 23.0 Å². The lowest BCUT2D eigenvalue weighted by molar-refractivity contribution is -0.121. The molecule has 4 aromatic rings. The van der Waals surface area contributed by atoms with Crippen LogP contribution in [-0.2, 0) is 31.0 Å². The van der Waals surface area contributed by atoms with Crippen LogP contribution in [0.2, 0.25) is 0 Å². The Balaban J connectivity index is 1.46. The van der Waals surface area contributed by atoms with Crippen LogP contribution in [0.1, 0.15) is 25.0 Å². The molecule has 0 aliphatic carbocycles. The molecule has 0 saturated heterocycles. The lowest BCUT2D eigenvalue weighted by Crippen LogP contribution is -2.44. The van der Waals surface area contributed by atoms with Gasteiger partial charge in [-0.2, -0.15) is 0 Å². The summed E-state index contributed by atoms with van der Waals surface area (Å²) in [5.74, 6) is 1.08. The van der Waals surface area contributed by atoms with E-state index < -0.39 is 23.7 Å². The monoisotopic (exact) mass is 489 g/mol. The maximum atomic E-state index is 13.4. The summed E-state index contributed by atoms with van der Waals surface area (Å²) < 4.78 is 14.9. The van der Waals surface area contributed by atoms with Gasteiger partial charge < -0.3 is 19.4 Å². The Morgan fingerprint density at radius 3 is 2.58 bits per heavy atom. The van der Waals surface area contributed by atoms with Crippen molar-refractivity contribution in [1.29, 1.82) is 0 Å². The van der Waals surface area contributed by atoms with Gasteiger partial charge in [-0.3, -0.25) is 14.2 Å². The highest BCUT2D eigenvalue weighted by Gasteiger charge is 2.20. The zero-order valence-electron chi connectivity index (χ0n) is 20.1. The zero-order valence-corrected chi connectivity index (χ0v) is 20.1. The molecular weight excluding hydrogens is 462 g/mol. The lowest BCUT2D eigenvalue weighted by atomic mass is 10.2. The number of imidazole rings is 1. The van der Waals surface area contributed by atoms with Gasteiger partial charge >= 0.3 is 5.69 Å². The third-order valence-corrected chi connectivity index (χ3v) is 5.96. The molecule has 36 heavy (non-hydrogen) atoms. The molecule has 5 rings (SSSR count). The standard InChI is InChI=1S/C26H27N5O5/c1-17(2)12-29-15-28-24-23(29)25(33)31(26(34)30(24)13-18-6-4-3-5-7-18)14-22(32)27-11-19-8-9-20-21(10-19)36-16-35-20/h3-10,15,17H,11-14,16H2,1-2H3,(H,27,32). The van der Waals surface area contributed by atoms with Crippen LogP contribution in [0, 0.1) is 5.92 Å². The Labute approximate surface area is 206 Å². The van der Waals surface area contributed by atoms with Gasteiger partial charge in [0, 0.05) is 13.1 Å². The smallest absolute Gasteiger partial charge is 0.333 e. The Bertz CT molecular complexity index is 1530. The van der Waals surface area contributed by atoms with Gasteiger partial charge in [0.15, 0.2) is 22.7 Å². The summed E-state index contributed by atoms with van der Waals surface area (Å²) in [5, 5.41) is 2.79. The highest BCUT2D eigenvalue weighted by Crippen LogP contribution is 2.32. The van der Waals surface area contributed by atoms with E-state index in [0.717, 1.165) is 15.7 Å². The molecule has 1 N–H and O–H groups in total. The van der Waals surface area contributed by atoms with Gasteiger partial charge in [-0.05, 0) is 29.2 Å². The minimum absolute atomic E-state index is 0.166. The molecule has 0 fully saturated rings. The predicted octanol–water partition coefficient (Wildman–Crippen LogP) is 2.11. The molecule has 0 bridgehead atoms. The SMILES string of the molecule is CC(C)Cn1cnc2c1c(=O)n(CC(=O)NCc1ccc3c(c1)OCO3)c(=O)n2Cc1ccccc1. The van der Waals surface area contributed by atoms with Gasteiger partial charge in [-0.15, -0.1) is 0 Å². The van der Waals surface area contributed by atoms with Gasteiger partial charge in [0.2, 0.25) is 12.7 Å². The maximum Gasteiger partial charge on any atom is 0.333 e. The molecule has 3 heterocycles. The molecule has 0 spiro atoms. The molecule has 0 unspecified atom stereocenters. The van der Waals surface area contributed by atoms with Gasteiger partial charge in [0.1, 0.15) is 6.54 Å². The summed E-state index contributed by atoms with van der Waals surface area (Å²) in [6.07, 6.45) is 1.58. The van der Waals surface area contributed by atoms with Gasteiger partial charge in [-0.25, -0.2) is 14.3 Å². The van der Waals surface area contributed by atoms with E-state index in [1.165, 1.54) is 4.57 Å². The van der Waals surface area contributed by atoms with Crippen LogP contribution in [0.4, 0.5) is 0 Å². The molecule has 2 aromatic carbocycles. The van der Waals surface area contributed by atoms with Crippen molar-refractivity contribution in [3.05, 3.63) is 86.8 Å². The van der Waals surface area contributed by atoms with E-state index >= 15 is 0 Å². The second-order valence-corrected chi connectivity index (χ2v) is 9.17. The Hall–Kier alpha value is -4.34. The van der Waals surface area contributed by atoms with E-state index in [-0.39, 0.29) is 25.8 Å². The fourth-order valence-electron chi connectivity index (χ4n) is 4.27. The molecule has 0 atom stereocenters. The fourth-order valence-corrected chi connectivity index (χ4v) is 4.27. The summed E-state index contributed by atoms with van der Waals surface area (Å²) in [6, 6.07) is 14.9. The molecule has 10 nitrogen and oxygen atoms in total. The summed E-state index contributed by atoms with van der Waals surface area (Å²) in [6.45, 7) is 4.84. The van der Waals surface area contributed by atoms with E-state index in [9.17, 15) is 14.4 Å². The van der Waals surface area contributed by atoms with E-state index in [2.05, 4.69) is 10.3 Å². The summed E-state index contributed by atoms with van der Waals surface area (Å²) in [4.78, 5) is 44.1. The topological polar surface area (TPSA) is 109 Å². The Morgan fingerprint density at radius 1 is 1.03 bits per heavy atom. The first-order valence-corrected chi connectivity index (χ1v) is 11.8. The van der Waals surface area contributed by atoms with Crippen LogP contribution in [-0.4, -0.2) is 31.4 Å². The highest BCUT2D eigenvalue weighted by atomic mass is 16.7. The average molecular weight is 490 g/mol. The van der Waals surface area contributed by atoms with E-state index in [0.29, 0.717) is 29.2 Å². The van der Waals surface area contributed by atoms with Crippen molar-refractivity contribution in [2.75, 3.05) is 6.79 Å². The number of carbonyl (C=O) groups excluding carboxylic acids is 1. The molecule has 10 heteroatoms. The molecule has 186 valence electrons. The normalized spacial score (nSPS) is 12.4. The third-order valence-electron chi connectivity index (χ3n) is 5.96. The van der Waals surface area contributed by atoms with E-state index in [1.807, 2.05) is 50.2 Å². The first-order valence-electron chi connectivity index (χ1n) is 11.8. The number of aromatic nitrogens is 4. The van der Waals surface area contributed by atoms with Crippen molar-refractivity contribution in [3.8, 4) is 11.5 Å². The number of hydrogen-bond donors (Lipinski definition) is 1. The van der Waals surface area contributed by atoms with Crippen LogP contribution in [0.25, 0.3) is 11.2 Å². The summed E-state index contributed by atoms with van der Waals surface area (Å²) in [5.41, 5.74) is 1.21. The Morgan fingerprint density at radius 2 is 1.81 bits per heavy atom. The maximum absolute atomic E-state index is 13.4. The number of benzene rings is 2. The highest BCUT2D eigenvalue weighted by molar-refractivity contribution is 5.76. The molecule has 0 saturated carbocycles. The van der Waals surface area contributed by atoms with Gasteiger partial charge in [-0.1, -0.05) is 50.2 Å². The molecule has 1 amide bonds. The quantitative estimate of drug-likeness (QED) is 0.406. The molecule has 2 aromatic heterocycles. The van der Waals surface area contributed by atoms with Crippen LogP contribution in [0.15, 0.2) is 64.4 Å². The largest absolute Gasteiger partial charge is 0.454 e. The second kappa shape index (κ2) is 9.73. The first kappa shape index (κ1) is 23.4. The summed E-state index contributed by atoms with van der Waals surface area (Å²) in [7, 11) is 0. The van der Waals surface area contributed by atoms with Crippen molar-refractivity contribution in [2.45, 2.75) is 40.0 Å². The molecule has 0 radical (unpaired) electrons. The van der Waals surface area contributed by atoms with Gasteiger partial charge in [0.25, 0.3) is 5.56 Å². The van der Waals surface area contributed by atoms with Gasteiger partial charge in [0.05, 0.1) is 12.9 Å². The van der Waals surface area contributed by atoms with Crippen LogP contribution in [0.3, 0.4) is 0 Å².